The van der Waals surface area contributed by atoms with E-state index in [-0.39, 0.29) is 5.91 Å². The van der Waals surface area contributed by atoms with Gasteiger partial charge in [0.1, 0.15) is 0 Å². The van der Waals surface area contributed by atoms with Gasteiger partial charge in [0, 0.05) is 43.5 Å². The Labute approximate surface area is 157 Å². The summed E-state index contributed by atoms with van der Waals surface area (Å²) >= 11 is 0. The number of rotatable bonds is 7. The second-order valence-corrected chi connectivity index (χ2v) is 7.35. The quantitative estimate of drug-likeness (QED) is 0.761. The maximum atomic E-state index is 12.3. The van der Waals surface area contributed by atoms with E-state index in [9.17, 15) is 4.79 Å². The van der Waals surface area contributed by atoms with Gasteiger partial charge in [-0.3, -0.25) is 4.79 Å². The van der Waals surface area contributed by atoms with Crippen LogP contribution in [0.2, 0.25) is 0 Å². The van der Waals surface area contributed by atoms with Crippen molar-refractivity contribution in [2.45, 2.75) is 45.1 Å². The zero-order valence-electron chi connectivity index (χ0n) is 16.1. The van der Waals surface area contributed by atoms with E-state index in [1.165, 1.54) is 37.9 Å². The van der Waals surface area contributed by atoms with Gasteiger partial charge in [0.05, 0.1) is 13.2 Å². The number of morpholine rings is 1. The Morgan fingerprint density at radius 3 is 2.65 bits per heavy atom. The van der Waals surface area contributed by atoms with E-state index < -0.39 is 0 Å². The first-order valence-corrected chi connectivity index (χ1v) is 10.2. The molecule has 0 saturated carbocycles. The minimum atomic E-state index is 0.0317. The molecule has 1 amide bonds. The summed E-state index contributed by atoms with van der Waals surface area (Å²) in [6, 6.07) is 8.68. The largest absolute Gasteiger partial charge is 0.378 e. The molecule has 0 radical (unpaired) electrons. The zero-order valence-corrected chi connectivity index (χ0v) is 16.1. The first kappa shape index (κ1) is 19.2. The van der Waals surface area contributed by atoms with Gasteiger partial charge < -0.3 is 19.9 Å². The van der Waals surface area contributed by atoms with Crippen LogP contribution in [0.3, 0.4) is 0 Å². The Hall–Kier alpha value is -1.59. The minimum Gasteiger partial charge on any atom is -0.378 e. The highest BCUT2D eigenvalue weighted by Gasteiger charge is 2.20. The van der Waals surface area contributed by atoms with Crippen molar-refractivity contribution in [3.05, 3.63) is 29.8 Å². The van der Waals surface area contributed by atoms with Crippen LogP contribution in [0, 0.1) is 0 Å². The zero-order chi connectivity index (χ0) is 18.2. The average Bonchev–Trinajstić information content (AvgIpc) is 2.72. The molecule has 144 valence electrons. The van der Waals surface area contributed by atoms with Crippen LogP contribution in [-0.2, 0) is 4.74 Å². The summed E-state index contributed by atoms with van der Waals surface area (Å²) in [5.74, 6) is 0.0317. The second-order valence-electron chi connectivity index (χ2n) is 7.35. The van der Waals surface area contributed by atoms with Crippen LogP contribution < -0.4 is 10.2 Å². The summed E-state index contributed by atoms with van der Waals surface area (Å²) in [4.78, 5) is 17.2. The molecule has 1 aromatic carbocycles. The molecule has 26 heavy (non-hydrogen) atoms. The van der Waals surface area contributed by atoms with Gasteiger partial charge in [-0.2, -0.15) is 0 Å². The number of benzene rings is 1. The highest BCUT2D eigenvalue weighted by Crippen LogP contribution is 2.19. The molecule has 5 nitrogen and oxygen atoms in total. The number of hydrogen-bond acceptors (Lipinski definition) is 4. The topological polar surface area (TPSA) is 44.8 Å². The number of carbonyl (C=O) groups is 1. The SMILES string of the molecule is CC[C@H]1CCCCN1CCCNC(=O)c1ccc(N2CCOCC2)cc1. The highest BCUT2D eigenvalue weighted by molar-refractivity contribution is 5.94. The number of likely N-dealkylation sites (tertiary alicyclic amines) is 1. The van der Waals surface area contributed by atoms with Crippen molar-refractivity contribution in [1.82, 2.24) is 10.2 Å². The Balaban J connectivity index is 1.40. The summed E-state index contributed by atoms with van der Waals surface area (Å²) in [6.45, 7) is 8.73. The van der Waals surface area contributed by atoms with Gasteiger partial charge in [-0.1, -0.05) is 13.3 Å². The lowest BCUT2D eigenvalue weighted by atomic mass is 10.00. The highest BCUT2D eigenvalue weighted by atomic mass is 16.5. The van der Waals surface area contributed by atoms with Crippen LogP contribution in [-0.4, -0.2) is 62.8 Å². The van der Waals surface area contributed by atoms with Crippen molar-refractivity contribution < 1.29 is 9.53 Å². The molecule has 0 aliphatic carbocycles. The molecule has 3 rings (SSSR count). The first-order chi connectivity index (χ1) is 12.8. The molecule has 2 heterocycles. The molecule has 2 fully saturated rings. The number of piperidine rings is 1. The fourth-order valence-electron chi connectivity index (χ4n) is 4.05. The van der Waals surface area contributed by atoms with Crippen LogP contribution in [0.15, 0.2) is 24.3 Å². The number of ether oxygens (including phenoxy) is 1. The molecule has 2 aliphatic heterocycles. The minimum absolute atomic E-state index is 0.0317. The molecule has 1 N–H and O–H groups in total. The molecular weight excluding hydrogens is 326 g/mol. The summed E-state index contributed by atoms with van der Waals surface area (Å²) in [7, 11) is 0. The van der Waals surface area contributed by atoms with E-state index in [1.54, 1.807) is 0 Å². The van der Waals surface area contributed by atoms with Gasteiger partial charge in [0.15, 0.2) is 0 Å². The molecule has 1 atom stereocenters. The summed E-state index contributed by atoms with van der Waals surface area (Å²) in [5.41, 5.74) is 1.91. The molecule has 1 aromatic rings. The summed E-state index contributed by atoms with van der Waals surface area (Å²) in [5, 5.41) is 3.07. The standard InChI is InChI=1S/C21H33N3O2/c1-2-19-6-3-4-12-23(19)13-5-11-22-21(25)18-7-9-20(10-8-18)24-14-16-26-17-15-24/h7-10,19H,2-6,11-17H2,1H3,(H,22,25)/t19-/m0/s1. The number of carbonyl (C=O) groups excluding carboxylic acids is 1. The predicted octanol–water partition coefficient (Wildman–Crippen LogP) is 2.91. The lowest BCUT2D eigenvalue weighted by Crippen LogP contribution is -2.40. The van der Waals surface area contributed by atoms with Crippen LogP contribution >= 0.6 is 0 Å². The predicted molar refractivity (Wildman–Crippen MR) is 106 cm³/mol. The van der Waals surface area contributed by atoms with Crippen LogP contribution in [0.5, 0.6) is 0 Å². The molecule has 5 heteroatoms. The Bertz CT molecular complexity index is 555. The lowest BCUT2D eigenvalue weighted by Gasteiger charge is -2.35. The van der Waals surface area contributed by atoms with Gasteiger partial charge >= 0.3 is 0 Å². The van der Waals surface area contributed by atoms with Crippen molar-refractivity contribution in [3.63, 3.8) is 0 Å². The molecule has 0 unspecified atom stereocenters. The number of hydrogen-bond donors (Lipinski definition) is 1. The van der Waals surface area contributed by atoms with Crippen molar-refractivity contribution >= 4 is 11.6 Å². The van der Waals surface area contributed by atoms with E-state index in [4.69, 9.17) is 4.74 Å². The number of anilines is 1. The van der Waals surface area contributed by atoms with Crippen molar-refractivity contribution in [1.29, 1.82) is 0 Å². The van der Waals surface area contributed by atoms with Crippen LogP contribution in [0.1, 0.15) is 49.4 Å². The maximum Gasteiger partial charge on any atom is 0.251 e. The van der Waals surface area contributed by atoms with Crippen LogP contribution in [0.25, 0.3) is 0 Å². The second kappa shape index (κ2) is 9.93. The monoisotopic (exact) mass is 359 g/mol. The van der Waals surface area contributed by atoms with E-state index in [1.807, 2.05) is 24.3 Å². The fraction of sp³-hybridized carbons (Fsp3) is 0.667. The molecule has 0 bridgehead atoms. The van der Waals surface area contributed by atoms with Crippen molar-refractivity contribution in [3.8, 4) is 0 Å². The number of amides is 1. The Morgan fingerprint density at radius 1 is 1.15 bits per heavy atom. The van der Waals surface area contributed by atoms with Gasteiger partial charge in [0.2, 0.25) is 0 Å². The van der Waals surface area contributed by atoms with Crippen LogP contribution in [0.4, 0.5) is 5.69 Å². The van der Waals surface area contributed by atoms with E-state index in [2.05, 4.69) is 22.0 Å². The van der Waals surface area contributed by atoms with Crippen molar-refractivity contribution in [2.24, 2.45) is 0 Å². The average molecular weight is 360 g/mol. The molecular formula is C21H33N3O2. The fourth-order valence-corrected chi connectivity index (χ4v) is 4.05. The number of nitrogens with zero attached hydrogens (tertiary/aromatic N) is 2. The van der Waals surface area contributed by atoms with Crippen molar-refractivity contribution in [2.75, 3.05) is 50.8 Å². The Morgan fingerprint density at radius 2 is 1.92 bits per heavy atom. The third kappa shape index (κ3) is 5.21. The maximum absolute atomic E-state index is 12.3. The van der Waals surface area contributed by atoms with Gasteiger partial charge in [0.25, 0.3) is 5.91 Å². The summed E-state index contributed by atoms with van der Waals surface area (Å²) in [6.07, 6.45) is 6.28. The van der Waals surface area contributed by atoms with E-state index in [0.29, 0.717) is 0 Å². The van der Waals surface area contributed by atoms with E-state index in [0.717, 1.165) is 57.4 Å². The molecule has 2 aliphatic rings. The molecule has 0 spiro atoms. The smallest absolute Gasteiger partial charge is 0.251 e. The third-order valence-corrected chi connectivity index (χ3v) is 5.63. The van der Waals surface area contributed by atoms with Gasteiger partial charge in [-0.15, -0.1) is 0 Å². The normalized spacial score (nSPS) is 21.6. The summed E-state index contributed by atoms with van der Waals surface area (Å²) < 4.78 is 5.39. The van der Waals surface area contributed by atoms with Gasteiger partial charge in [-0.25, -0.2) is 0 Å². The molecule has 2 saturated heterocycles. The molecule has 0 aromatic heterocycles. The number of nitrogens with one attached hydrogen (secondary N) is 1. The van der Waals surface area contributed by atoms with E-state index >= 15 is 0 Å². The third-order valence-electron chi connectivity index (χ3n) is 5.63. The first-order valence-electron chi connectivity index (χ1n) is 10.2. The van der Waals surface area contributed by atoms with Gasteiger partial charge in [-0.05, 0) is 56.5 Å². The Kier molecular flexibility index (Phi) is 7.32. The lowest BCUT2D eigenvalue weighted by molar-refractivity contribution is 0.0947.